The first-order chi connectivity index (χ1) is 19.1. The zero-order valence-electron chi connectivity index (χ0n) is 22.1. The monoisotopic (exact) mass is 563 g/mol. The van der Waals surface area contributed by atoms with Crippen molar-refractivity contribution in [3.05, 3.63) is 71.6 Å². The fourth-order valence-corrected chi connectivity index (χ4v) is 4.91. The van der Waals surface area contributed by atoms with Gasteiger partial charge in [0.15, 0.2) is 0 Å². The van der Waals surface area contributed by atoms with Gasteiger partial charge in [-0.15, -0.1) is 0 Å². The average Bonchev–Trinajstić information content (AvgIpc) is 2.93. The van der Waals surface area contributed by atoms with Gasteiger partial charge >= 0.3 is 6.18 Å². The Balaban J connectivity index is 1.65. The highest BCUT2D eigenvalue weighted by Gasteiger charge is 2.44. The SMILES string of the molecule is CCOc1ncccc1-c1ncc(C2(C(=O)NCCNC)CCN(c3ccc(C(F)(F)F)cc3F)CC2)cc1F. The Kier molecular flexibility index (Phi) is 8.87. The molecule has 1 saturated heterocycles. The van der Waals surface area contributed by atoms with Gasteiger partial charge in [-0.2, -0.15) is 13.2 Å². The first-order valence-electron chi connectivity index (χ1n) is 12.9. The number of anilines is 1. The number of rotatable bonds is 9. The van der Waals surface area contributed by atoms with Crippen LogP contribution in [-0.4, -0.2) is 55.7 Å². The van der Waals surface area contributed by atoms with E-state index in [1.165, 1.54) is 18.5 Å². The van der Waals surface area contributed by atoms with E-state index in [0.717, 1.165) is 12.1 Å². The van der Waals surface area contributed by atoms with Crippen molar-refractivity contribution in [1.82, 2.24) is 20.6 Å². The Labute approximate surface area is 228 Å². The topological polar surface area (TPSA) is 79.4 Å². The molecule has 1 amide bonds. The molecule has 0 aliphatic carbocycles. The molecule has 12 heteroatoms. The molecule has 1 aromatic carbocycles. The number of carbonyl (C=O) groups is 1. The number of piperidine rings is 1. The van der Waals surface area contributed by atoms with Crippen LogP contribution in [0.25, 0.3) is 11.3 Å². The summed E-state index contributed by atoms with van der Waals surface area (Å²) in [5.74, 6) is -1.76. The molecule has 4 rings (SSSR count). The molecule has 0 bridgehead atoms. The molecule has 0 saturated carbocycles. The summed E-state index contributed by atoms with van der Waals surface area (Å²) >= 11 is 0. The number of likely N-dealkylation sites (N-methyl/N-ethyl adjacent to an activating group) is 1. The third-order valence-corrected chi connectivity index (χ3v) is 7.03. The number of halogens is 5. The van der Waals surface area contributed by atoms with Crippen molar-refractivity contribution in [2.75, 3.05) is 44.7 Å². The van der Waals surface area contributed by atoms with Crippen molar-refractivity contribution in [1.29, 1.82) is 0 Å². The van der Waals surface area contributed by atoms with Gasteiger partial charge in [0.05, 0.1) is 28.8 Å². The summed E-state index contributed by atoms with van der Waals surface area (Å²) in [4.78, 5) is 23.6. The minimum Gasteiger partial charge on any atom is -0.477 e. The summed E-state index contributed by atoms with van der Waals surface area (Å²) in [6, 6.07) is 6.95. The van der Waals surface area contributed by atoms with Crippen LogP contribution in [0.1, 0.15) is 30.9 Å². The maximum Gasteiger partial charge on any atom is 0.416 e. The van der Waals surface area contributed by atoms with Gasteiger partial charge in [-0.1, -0.05) is 0 Å². The van der Waals surface area contributed by atoms with Crippen LogP contribution in [0.3, 0.4) is 0 Å². The number of alkyl halides is 3. The summed E-state index contributed by atoms with van der Waals surface area (Å²) in [5, 5.41) is 5.82. The number of hydrogen-bond acceptors (Lipinski definition) is 6. The van der Waals surface area contributed by atoms with Crippen LogP contribution in [0, 0.1) is 11.6 Å². The predicted molar refractivity (Wildman–Crippen MR) is 140 cm³/mol. The van der Waals surface area contributed by atoms with Crippen LogP contribution < -0.4 is 20.3 Å². The van der Waals surface area contributed by atoms with Crippen molar-refractivity contribution in [3.8, 4) is 17.1 Å². The zero-order valence-corrected chi connectivity index (χ0v) is 22.1. The van der Waals surface area contributed by atoms with Crippen LogP contribution in [0.4, 0.5) is 27.6 Å². The zero-order chi connectivity index (χ0) is 28.9. The summed E-state index contributed by atoms with van der Waals surface area (Å²) in [7, 11) is 1.74. The molecule has 7 nitrogen and oxygen atoms in total. The number of nitrogens with zero attached hydrogens (tertiary/aromatic N) is 3. The summed E-state index contributed by atoms with van der Waals surface area (Å²) in [6.45, 7) is 3.26. The molecule has 3 heterocycles. The van der Waals surface area contributed by atoms with Crippen LogP contribution in [0.15, 0.2) is 48.8 Å². The van der Waals surface area contributed by atoms with Gasteiger partial charge in [-0.3, -0.25) is 9.78 Å². The second kappa shape index (κ2) is 12.2. The van der Waals surface area contributed by atoms with Crippen molar-refractivity contribution in [3.63, 3.8) is 0 Å². The standard InChI is InChI=1S/C28H30F5N5O2/c1-3-40-25-20(5-4-10-35-25)24-22(30)16-19(17-37-24)27(26(39)36-12-11-34-2)8-13-38(14-9-27)23-7-6-18(15-21(23)29)28(31,32)33/h4-7,10,15-17,34H,3,8-9,11-14H2,1-2H3,(H,36,39). The Hall–Kier alpha value is -3.80. The lowest BCUT2D eigenvalue weighted by molar-refractivity contribution is -0.137. The number of aromatic nitrogens is 2. The molecular weight excluding hydrogens is 533 g/mol. The summed E-state index contributed by atoms with van der Waals surface area (Å²) in [6.07, 6.45) is -1.36. The van der Waals surface area contributed by atoms with Crippen LogP contribution in [-0.2, 0) is 16.4 Å². The number of pyridine rings is 2. The molecule has 1 aliphatic rings. The van der Waals surface area contributed by atoms with Crippen LogP contribution >= 0.6 is 0 Å². The second-order valence-corrected chi connectivity index (χ2v) is 9.44. The van der Waals surface area contributed by atoms with Crippen LogP contribution in [0.2, 0.25) is 0 Å². The third kappa shape index (κ3) is 6.01. The predicted octanol–water partition coefficient (Wildman–Crippen LogP) is 4.71. The number of ether oxygens (including phenoxy) is 1. The summed E-state index contributed by atoms with van der Waals surface area (Å²) < 4.78 is 74.7. The quantitative estimate of drug-likeness (QED) is 0.290. The highest BCUT2D eigenvalue weighted by atomic mass is 19.4. The van der Waals surface area contributed by atoms with Gasteiger partial charge in [0.2, 0.25) is 11.8 Å². The maximum atomic E-state index is 15.5. The van der Waals surface area contributed by atoms with Gasteiger partial charge < -0.3 is 20.3 Å². The van der Waals surface area contributed by atoms with E-state index in [2.05, 4.69) is 20.6 Å². The number of amides is 1. The maximum absolute atomic E-state index is 15.5. The minimum absolute atomic E-state index is 0.0110. The van der Waals surface area contributed by atoms with Gasteiger partial charge in [-0.05, 0) is 68.8 Å². The molecule has 1 aliphatic heterocycles. The highest BCUT2D eigenvalue weighted by molar-refractivity contribution is 5.89. The lowest BCUT2D eigenvalue weighted by Crippen LogP contribution is -2.52. The van der Waals surface area contributed by atoms with E-state index < -0.39 is 28.8 Å². The number of benzene rings is 1. The lowest BCUT2D eigenvalue weighted by Gasteiger charge is -2.42. The van der Waals surface area contributed by atoms with E-state index >= 15 is 4.39 Å². The lowest BCUT2D eigenvalue weighted by atomic mass is 9.72. The number of carbonyl (C=O) groups excluding carboxylic acids is 1. The van der Waals surface area contributed by atoms with Crippen LogP contribution in [0.5, 0.6) is 5.88 Å². The number of nitrogens with one attached hydrogen (secondary N) is 2. The van der Waals surface area contributed by atoms with Gasteiger partial charge in [-0.25, -0.2) is 13.8 Å². The van der Waals surface area contributed by atoms with E-state index in [0.29, 0.717) is 36.9 Å². The fraction of sp³-hybridized carbons (Fsp3) is 0.393. The van der Waals surface area contributed by atoms with E-state index in [4.69, 9.17) is 4.74 Å². The van der Waals surface area contributed by atoms with Crippen molar-refractivity contribution in [2.24, 2.45) is 0 Å². The van der Waals surface area contributed by atoms with E-state index in [-0.39, 0.29) is 49.1 Å². The van der Waals surface area contributed by atoms with Gasteiger partial charge in [0, 0.05) is 38.6 Å². The second-order valence-electron chi connectivity index (χ2n) is 9.44. The molecule has 0 spiro atoms. The third-order valence-electron chi connectivity index (χ3n) is 7.03. The minimum atomic E-state index is -4.66. The van der Waals surface area contributed by atoms with E-state index in [1.807, 2.05) is 0 Å². The smallest absolute Gasteiger partial charge is 0.416 e. The Morgan fingerprint density at radius 2 is 1.82 bits per heavy atom. The molecule has 2 N–H and O–H groups in total. The van der Waals surface area contributed by atoms with E-state index in [9.17, 15) is 22.4 Å². The molecular formula is C28H30F5N5O2. The number of hydrogen-bond donors (Lipinski definition) is 2. The Morgan fingerprint density at radius 1 is 1.07 bits per heavy atom. The largest absolute Gasteiger partial charge is 0.477 e. The van der Waals surface area contributed by atoms with Crippen molar-refractivity contribution in [2.45, 2.75) is 31.4 Å². The molecule has 3 aromatic rings. The fourth-order valence-electron chi connectivity index (χ4n) is 4.91. The molecule has 0 unspecified atom stereocenters. The Bertz CT molecular complexity index is 1340. The Morgan fingerprint density at radius 3 is 2.45 bits per heavy atom. The molecule has 40 heavy (non-hydrogen) atoms. The molecule has 2 aromatic heterocycles. The summed E-state index contributed by atoms with van der Waals surface area (Å²) in [5.41, 5.74) is -1.51. The van der Waals surface area contributed by atoms with Gasteiger partial charge in [0.25, 0.3) is 0 Å². The molecule has 214 valence electrons. The molecule has 1 fully saturated rings. The van der Waals surface area contributed by atoms with E-state index in [1.54, 1.807) is 31.0 Å². The van der Waals surface area contributed by atoms with Crippen molar-refractivity contribution >= 4 is 11.6 Å². The van der Waals surface area contributed by atoms with Crippen molar-refractivity contribution < 1.29 is 31.5 Å². The molecule has 0 radical (unpaired) electrons. The first kappa shape index (κ1) is 29.2. The highest BCUT2D eigenvalue weighted by Crippen LogP contribution is 2.40. The normalized spacial score (nSPS) is 15.1. The molecule has 0 atom stereocenters. The average molecular weight is 564 g/mol. The van der Waals surface area contributed by atoms with Gasteiger partial charge in [0.1, 0.15) is 17.3 Å². The first-order valence-corrected chi connectivity index (χ1v) is 12.9.